The van der Waals surface area contributed by atoms with Crippen molar-refractivity contribution in [3.63, 3.8) is 0 Å². The van der Waals surface area contributed by atoms with Crippen LogP contribution in [-0.2, 0) is 19.1 Å². The lowest BCUT2D eigenvalue weighted by molar-refractivity contribution is -0.136. The van der Waals surface area contributed by atoms with Crippen molar-refractivity contribution in [1.82, 2.24) is 4.57 Å². The number of hydrogen-bond donors (Lipinski definition) is 1. The van der Waals surface area contributed by atoms with Crippen LogP contribution in [0, 0.1) is 0 Å². The van der Waals surface area contributed by atoms with Crippen LogP contribution in [0.15, 0.2) is 45.4 Å². The Labute approximate surface area is 182 Å². The van der Waals surface area contributed by atoms with Crippen molar-refractivity contribution in [1.29, 1.82) is 0 Å². The summed E-state index contributed by atoms with van der Waals surface area (Å²) in [5.41, 5.74) is 6.14. The molecule has 1 aliphatic heterocycles. The van der Waals surface area contributed by atoms with Gasteiger partial charge in [-0.25, -0.2) is 9.59 Å². The third-order valence-corrected chi connectivity index (χ3v) is 7.47. The molecule has 154 valence electrons. The van der Waals surface area contributed by atoms with E-state index in [2.05, 4.69) is 0 Å². The second-order valence-corrected chi connectivity index (χ2v) is 9.21. The van der Waals surface area contributed by atoms with Gasteiger partial charge in [0.2, 0.25) is 0 Å². The van der Waals surface area contributed by atoms with Gasteiger partial charge < -0.3 is 15.2 Å². The van der Waals surface area contributed by atoms with Crippen LogP contribution in [0.4, 0.5) is 0 Å². The van der Waals surface area contributed by atoms with Crippen LogP contribution < -0.4 is 20.5 Å². The topological polar surface area (TPSA) is 101 Å². The third-order valence-electron chi connectivity index (χ3n) is 4.60. The molecule has 0 aliphatic carbocycles. The molecule has 0 bridgehead atoms. The van der Waals surface area contributed by atoms with Crippen molar-refractivity contribution in [2.24, 2.45) is 5.73 Å². The fraction of sp³-hybridized carbons (Fsp3) is 0.150. The number of esters is 2. The Balaban J connectivity index is 2.14. The molecule has 0 amide bonds. The summed E-state index contributed by atoms with van der Waals surface area (Å²) in [4.78, 5) is 40.3. The van der Waals surface area contributed by atoms with Gasteiger partial charge in [-0.2, -0.15) is 0 Å². The minimum atomic E-state index is -0.794. The highest BCUT2D eigenvalue weighted by Gasteiger charge is 2.40. The van der Waals surface area contributed by atoms with Gasteiger partial charge in [0.25, 0.3) is 5.56 Å². The third kappa shape index (κ3) is 3.22. The van der Waals surface area contributed by atoms with Gasteiger partial charge in [0.05, 0.1) is 35.8 Å². The van der Waals surface area contributed by atoms with E-state index in [0.29, 0.717) is 9.20 Å². The van der Waals surface area contributed by atoms with E-state index in [-0.39, 0.29) is 17.0 Å². The average Bonchev–Trinajstić information content (AvgIpc) is 3.50. The number of ether oxygens (including phenoxy) is 2. The summed E-state index contributed by atoms with van der Waals surface area (Å²) in [5.74, 6) is -2.19. The van der Waals surface area contributed by atoms with Gasteiger partial charge in [0.1, 0.15) is 10.5 Å². The molecule has 7 nitrogen and oxygen atoms in total. The molecule has 0 radical (unpaired) electrons. The minimum absolute atomic E-state index is 0.0374. The van der Waals surface area contributed by atoms with Crippen LogP contribution in [0.1, 0.15) is 15.7 Å². The molecule has 0 spiro atoms. The maximum absolute atomic E-state index is 13.2. The SMILES string of the molecule is COC(=O)C1=C(N)n2c(s/c(=C/c3cccs3)c2=O)=C(C(=O)OC)C1c1cccs1. The number of nitrogens with two attached hydrogens (primary N) is 1. The molecule has 1 unspecified atom stereocenters. The number of rotatable bonds is 4. The highest BCUT2D eigenvalue weighted by atomic mass is 32.1. The van der Waals surface area contributed by atoms with E-state index in [0.717, 1.165) is 21.1 Å². The molecule has 3 aromatic rings. The molecule has 4 rings (SSSR count). The zero-order chi connectivity index (χ0) is 21.4. The first kappa shape index (κ1) is 20.3. The van der Waals surface area contributed by atoms with Crippen LogP contribution in [0.25, 0.3) is 17.5 Å². The molecular formula is C20H16N2O5S3. The molecule has 10 heteroatoms. The number of aromatic nitrogens is 1. The van der Waals surface area contributed by atoms with Crippen LogP contribution in [-0.4, -0.2) is 30.7 Å². The molecule has 0 fully saturated rings. The summed E-state index contributed by atoms with van der Waals surface area (Å²) in [6.07, 6.45) is 1.74. The zero-order valence-corrected chi connectivity index (χ0v) is 18.4. The molecular weight excluding hydrogens is 444 g/mol. The Morgan fingerprint density at radius 1 is 1.07 bits per heavy atom. The van der Waals surface area contributed by atoms with E-state index in [4.69, 9.17) is 15.2 Å². The van der Waals surface area contributed by atoms with E-state index < -0.39 is 23.4 Å². The van der Waals surface area contributed by atoms with E-state index in [1.54, 1.807) is 12.1 Å². The first-order valence-corrected chi connectivity index (χ1v) is 11.3. The molecule has 30 heavy (non-hydrogen) atoms. The first-order valence-electron chi connectivity index (χ1n) is 8.69. The number of methoxy groups -OCH3 is 2. The molecule has 0 saturated carbocycles. The smallest absolute Gasteiger partial charge is 0.338 e. The Kier molecular flexibility index (Phi) is 5.46. The Hall–Kier alpha value is -2.95. The standard InChI is InChI=1S/C20H16N2O5S3/c1-26-19(24)14-13(11-6-4-8-29-11)15(20(25)27-2)18-22(16(14)21)17(23)12(30-18)9-10-5-3-7-28-10/h3-9,13H,21H2,1-2H3/b12-9+. The van der Waals surface area contributed by atoms with E-state index in [9.17, 15) is 14.4 Å². The number of carbonyl (C=O) groups is 2. The number of carbonyl (C=O) groups excluding carboxylic acids is 2. The zero-order valence-electron chi connectivity index (χ0n) is 15.9. The normalized spacial score (nSPS) is 16.5. The van der Waals surface area contributed by atoms with Crippen molar-refractivity contribution in [3.8, 4) is 0 Å². The highest BCUT2D eigenvalue weighted by molar-refractivity contribution is 7.11. The lowest BCUT2D eigenvalue weighted by Gasteiger charge is -2.25. The fourth-order valence-corrected chi connectivity index (χ4v) is 6.04. The molecule has 2 N–H and O–H groups in total. The lowest BCUT2D eigenvalue weighted by Crippen LogP contribution is -2.41. The predicted molar refractivity (Wildman–Crippen MR) is 118 cm³/mol. The van der Waals surface area contributed by atoms with Gasteiger partial charge in [-0.3, -0.25) is 9.36 Å². The van der Waals surface area contributed by atoms with Crippen LogP contribution in [0.2, 0.25) is 0 Å². The predicted octanol–water partition coefficient (Wildman–Crippen LogP) is 1.28. The van der Waals surface area contributed by atoms with E-state index >= 15 is 0 Å². The molecule has 4 heterocycles. The lowest BCUT2D eigenvalue weighted by atomic mass is 9.88. The number of hydrogen-bond acceptors (Lipinski definition) is 9. The maximum atomic E-state index is 13.2. The molecule has 0 aromatic carbocycles. The largest absolute Gasteiger partial charge is 0.466 e. The van der Waals surface area contributed by atoms with Crippen molar-refractivity contribution in [2.75, 3.05) is 14.2 Å². The van der Waals surface area contributed by atoms with E-state index in [1.807, 2.05) is 29.0 Å². The number of fused-ring (bicyclic) bond motifs is 1. The second kappa shape index (κ2) is 8.05. The summed E-state index contributed by atoms with van der Waals surface area (Å²) in [6.45, 7) is 0. The van der Waals surface area contributed by atoms with E-state index in [1.165, 1.54) is 41.5 Å². The molecule has 0 saturated heterocycles. The number of thiophene rings is 2. The number of nitrogens with zero attached hydrogens (tertiary/aromatic N) is 1. The Bertz CT molecular complexity index is 1330. The fourth-order valence-electron chi connectivity index (χ4n) is 3.31. The molecule has 3 aromatic heterocycles. The first-order chi connectivity index (χ1) is 14.5. The van der Waals surface area contributed by atoms with Crippen molar-refractivity contribution < 1.29 is 19.1 Å². The van der Waals surface area contributed by atoms with Crippen molar-refractivity contribution in [2.45, 2.75) is 5.92 Å². The van der Waals surface area contributed by atoms with Crippen molar-refractivity contribution >= 4 is 63.4 Å². The average molecular weight is 461 g/mol. The Morgan fingerprint density at radius 2 is 1.73 bits per heavy atom. The number of thiazole rings is 1. The highest BCUT2D eigenvalue weighted by Crippen LogP contribution is 2.39. The van der Waals surface area contributed by atoms with Gasteiger partial charge in [0.15, 0.2) is 0 Å². The second-order valence-electron chi connectivity index (χ2n) is 6.22. The van der Waals surface area contributed by atoms with Gasteiger partial charge in [-0.05, 0) is 29.0 Å². The molecule has 1 atom stereocenters. The van der Waals surface area contributed by atoms with Gasteiger partial charge in [-0.15, -0.1) is 34.0 Å². The summed E-state index contributed by atoms with van der Waals surface area (Å²) >= 11 is 3.99. The summed E-state index contributed by atoms with van der Waals surface area (Å²) < 4.78 is 11.9. The summed E-state index contributed by atoms with van der Waals surface area (Å²) in [5, 5.41) is 3.74. The van der Waals surface area contributed by atoms with Gasteiger partial charge in [-0.1, -0.05) is 12.1 Å². The van der Waals surface area contributed by atoms with Gasteiger partial charge in [0, 0.05) is 9.75 Å². The quantitative estimate of drug-likeness (QED) is 0.589. The van der Waals surface area contributed by atoms with Gasteiger partial charge >= 0.3 is 11.9 Å². The maximum Gasteiger partial charge on any atom is 0.338 e. The monoisotopic (exact) mass is 460 g/mol. The summed E-state index contributed by atoms with van der Waals surface area (Å²) in [7, 11) is 2.49. The van der Waals surface area contributed by atoms with Crippen LogP contribution in [0.3, 0.4) is 0 Å². The molecule has 1 aliphatic rings. The minimum Gasteiger partial charge on any atom is -0.466 e. The Morgan fingerprint density at radius 3 is 2.33 bits per heavy atom. The summed E-state index contributed by atoms with van der Waals surface area (Å²) in [6, 6.07) is 7.37. The van der Waals surface area contributed by atoms with Crippen LogP contribution in [0.5, 0.6) is 0 Å². The van der Waals surface area contributed by atoms with Crippen LogP contribution >= 0.6 is 34.0 Å². The van der Waals surface area contributed by atoms with Crippen molar-refractivity contribution in [3.05, 3.63) is 69.9 Å².